The van der Waals surface area contributed by atoms with Gasteiger partial charge < -0.3 is 20.4 Å². The van der Waals surface area contributed by atoms with Crippen molar-refractivity contribution < 1.29 is 9.53 Å². The number of hydrogen-bond acceptors (Lipinski definition) is 4. The minimum Gasteiger partial charge on any atom is -0.444 e. The van der Waals surface area contributed by atoms with Crippen LogP contribution in [0.25, 0.3) is 0 Å². The first-order valence-corrected chi connectivity index (χ1v) is 6.12. The first kappa shape index (κ1) is 16.3. The second-order valence-electron chi connectivity index (χ2n) is 4.41. The Kier molecular flexibility index (Phi) is 6.85. The number of carbonyl (C=O) groups excluding carboxylic acids is 1. The smallest absolute Gasteiger partial charge is 0.407 e. The summed E-state index contributed by atoms with van der Waals surface area (Å²) in [5, 5.41) is 2.64. The molecule has 0 aliphatic rings. The zero-order chi connectivity index (χ0) is 14.2. The third-order valence-corrected chi connectivity index (χ3v) is 1.77. The van der Waals surface area contributed by atoms with Gasteiger partial charge in [-0.1, -0.05) is 13.8 Å². The molecule has 0 saturated carbocycles. The molecule has 0 aromatic carbocycles. The second-order valence-corrected chi connectivity index (χ2v) is 4.41. The summed E-state index contributed by atoms with van der Waals surface area (Å²) in [6, 6.07) is 0. The van der Waals surface area contributed by atoms with E-state index < -0.39 is 11.7 Å². The molecule has 0 aliphatic heterocycles. The van der Waals surface area contributed by atoms with E-state index in [4.69, 9.17) is 10.5 Å². The zero-order valence-corrected chi connectivity index (χ0v) is 11.9. The molecule has 0 saturated heterocycles. The summed E-state index contributed by atoms with van der Waals surface area (Å²) in [6.07, 6.45) is 2.95. The monoisotopic (exact) mass is 256 g/mol. The van der Waals surface area contributed by atoms with Crippen molar-refractivity contribution in [3.05, 3.63) is 12.4 Å². The van der Waals surface area contributed by atoms with Gasteiger partial charge in [-0.25, -0.2) is 9.78 Å². The first-order chi connectivity index (χ1) is 8.38. The third-order valence-electron chi connectivity index (χ3n) is 1.77. The molecule has 6 heteroatoms. The van der Waals surface area contributed by atoms with Crippen LogP contribution in [0.1, 0.15) is 34.6 Å². The van der Waals surface area contributed by atoms with Crippen LogP contribution in [0, 0.1) is 0 Å². The average Bonchev–Trinajstić information content (AvgIpc) is 2.65. The lowest BCUT2D eigenvalue weighted by atomic mass is 10.2. The Morgan fingerprint density at radius 3 is 2.56 bits per heavy atom. The minimum atomic E-state index is -0.474. The first-order valence-electron chi connectivity index (χ1n) is 6.12. The van der Waals surface area contributed by atoms with Gasteiger partial charge in [0.25, 0.3) is 0 Å². The number of ether oxygens (including phenoxy) is 1. The van der Waals surface area contributed by atoms with E-state index in [2.05, 4.69) is 10.3 Å². The highest BCUT2D eigenvalue weighted by Gasteiger charge is 2.15. The highest BCUT2D eigenvalue weighted by molar-refractivity contribution is 5.67. The normalized spacial score (nSPS) is 10.3. The number of hydrogen-bond donors (Lipinski definition) is 2. The molecule has 3 N–H and O–H groups in total. The van der Waals surface area contributed by atoms with Crippen LogP contribution in [-0.2, 0) is 11.3 Å². The fourth-order valence-corrected chi connectivity index (χ4v) is 1.12. The second kappa shape index (κ2) is 7.58. The Hall–Kier alpha value is -1.72. The van der Waals surface area contributed by atoms with Crippen LogP contribution < -0.4 is 11.1 Å². The molecular weight excluding hydrogens is 232 g/mol. The fourth-order valence-electron chi connectivity index (χ4n) is 1.12. The van der Waals surface area contributed by atoms with E-state index in [1.54, 1.807) is 17.0 Å². The van der Waals surface area contributed by atoms with Crippen LogP contribution in [0.5, 0.6) is 0 Å². The minimum absolute atomic E-state index is 0.425. The summed E-state index contributed by atoms with van der Waals surface area (Å²) >= 11 is 0. The predicted molar refractivity (Wildman–Crippen MR) is 72.2 cm³/mol. The molecule has 18 heavy (non-hydrogen) atoms. The molecule has 1 aromatic rings. The maximum atomic E-state index is 11.3. The SMILES string of the molecule is CC.CC(C)(C)OC(=O)NCCn1ccnc1N. The van der Waals surface area contributed by atoms with Gasteiger partial charge in [0.2, 0.25) is 0 Å². The number of nitrogens with zero attached hydrogens (tertiary/aromatic N) is 2. The van der Waals surface area contributed by atoms with Gasteiger partial charge in [0.1, 0.15) is 5.60 Å². The van der Waals surface area contributed by atoms with Crippen LogP contribution in [0.4, 0.5) is 10.7 Å². The van der Waals surface area contributed by atoms with Crippen LogP contribution in [0.3, 0.4) is 0 Å². The average molecular weight is 256 g/mol. The van der Waals surface area contributed by atoms with Gasteiger partial charge in [0.05, 0.1) is 0 Å². The van der Waals surface area contributed by atoms with E-state index in [1.165, 1.54) is 0 Å². The Labute approximate surface area is 109 Å². The number of amides is 1. The van der Waals surface area contributed by atoms with E-state index in [0.29, 0.717) is 19.0 Å². The molecule has 1 rings (SSSR count). The van der Waals surface area contributed by atoms with Gasteiger partial charge in [-0.05, 0) is 20.8 Å². The summed E-state index contributed by atoms with van der Waals surface area (Å²) in [5.74, 6) is 0.436. The van der Waals surface area contributed by atoms with E-state index in [1.807, 2.05) is 34.6 Å². The number of nitrogen functional groups attached to an aromatic ring is 1. The van der Waals surface area contributed by atoms with Crippen molar-refractivity contribution in [2.75, 3.05) is 12.3 Å². The molecule has 0 bridgehead atoms. The molecule has 0 radical (unpaired) electrons. The van der Waals surface area contributed by atoms with Gasteiger partial charge in [-0.15, -0.1) is 0 Å². The van der Waals surface area contributed by atoms with Crippen molar-refractivity contribution in [2.45, 2.75) is 46.8 Å². The maximum Gasteiger partial charge on any atom is 0.407 e. The topological polar surface area (TPSA) is 82.2 Å². The lowest BCUT2D eigenvalue weighted by molar-refractivity contribution is 0.0526. The van der Waals surface area contributed by atoms with E-state index in [-0.39, 0.29) is 0 Å². The predicted octanol–water partition coefficient (Wildman–Crippen LogP) is 2.02. The largest absolute Gasteiger partial charge is 0.444 e. The van der Waals surface area contributed by atoms with Crippen molar-refractivity contribution in [1.29, 1.82) is 0 Å². The highest BCUT2D eigenvalue weighted by Crippen LogP contribution is 2.06. The molecule has 0 fully saturated rings. The van der Waals surface area contributed by atoms with E-state index >= 15 is 0 Å². The molecule has 6 nitrogen and oxygen atoms in total. The van der Waals surface area contributed by atoms with Crippen molar-refractivity contribution >= 4 is 12.0 Å². The molecule has 0 aliphatic carbocycles. The summed E-state index contributed by atoms with van der Waals surface area (Å²) in [7, 11) is 0. The van der Waals surface area contributed by atoms with E-state index in [9.17, 15) is 4.79 Å². The zero-order valence-electron chi connectivity index (χ0n) is 11.9. The molecule has 0 spiro atoms. The number of alkyl carbamates (subject to hydrolysis) is 1. The van der Waals surface area contributed by atoms with Crippen LogP contribution in [-0.4, -0.2) is 27.8 Å². The molecule has 0 atom stereocenters. The molecule has 1 heterocycles. The number of carbonyl (C=O) groups is 1. The summed E-state index contributed by atoms with van der Waals surface area (Å²) < 4.78 is 6.83. The van der Waals surface area contributed by atoms with E-state index in [0.717, 1.165) is 0 Å². The summed E-state index contributed by atoms with van der Waals surface area (Å²) in [6.45, 7) is 10.5. The number of nitrogens with two attached hydrogens (primary N) is 1. The van der Waals surface area contributed by atoms with Gasteiger partial charge in [-0.3, -0.25) is 0 Å². The van der Waals surface area contributed by atoms with Crippen LogP contribution in [0.2, 0.25) is 0 Å². The van der Waals surface area contributed by atoms with Gasteiger partial charge >= 0.3 is 6.09 Å². The number of anilines is 1. The number of aromatic nitrogens is 2. The van der Waals surface area contributed by atoms with Gasteiger partial charge in [-0.2, -0.15) is 0 Å². The van der Waals surface area contributed by atoms with Gasteiger partial charge in [0.15, 0.2) is 5.95 Å². The maximum absolute atomic E-state index is 11.3. The van der Waals surface area contributed by atoms with Crippen molar-refractivity contribution in [3.63, 3.8) is 0 Å². The quantitative estimate of drug-likeness (QED) is 0.866. The summed E-state index contributed by atoms with van der Waals surface area (Å²) in [5.41, 5.74) is 5.09. The standard InChI is InChI=1S/C10H18N4O2.C2H6/c1-10(2,3)16-9(15)13-5-7-14-6-4-12-8(14)11;1-2/h4,6H,5,7H2,1-3H3,(H2,11,12)(H,13,15);1-2H3. The van der Waals surface area contributed by atoms with Crippen molar-refractivity contribution in [3.8, 4) is 0 Å². The fraction of sp³-hybridized carbons (Fsp3) is 0.667. The lowest BCUT2D eigenvalue weighted by Crippen LogP contribution is -2.34. The lowest BCUT2D eigenvalue weighted by Gasteiger charge is -2.19. The third kappa shape index (κ3) is 6.78. The Morgan fingerprint density at radius 1 is 1.50 bits per heavy atom. The Morgan fingerprint density at radius 2 is 2.11 bits per heavy atom. The Balaban J connectivity index is 0.00000137. The molecule has 104 valence electrons. The van der Waals surface area contributed by atoms with Crippen molar-refractivity contribution in [1.82, 2.24) is 14.9 Å². The van der Waals surface area contributed by atoms with Crippen LogP contribution in [0.15, 0.2) is 12.4 Å². The highest BCUT2D eigenvalue weighted by atomic mass is 16.6. The summed E-state index contributed by atoms with van der Waals surface area (Å²) in [4.78, 5) is 15.2. The number of rotatable bonds is 3. The van der Waals surface area contributed by atoms with Crippen LogP contribution >= 0.6 is 0 Å². The molecular formula is C12H24N4O2. The van der Waals surface area contributed by atoms with Gasteiger partial charge in [0, 0.05) is 25.5 Å². The molecule has 0 unspecified atom stereocenters. The van der Waals surface area contributed by atoms with Crippen molar-refractivity contribution in [2.24, 2.45) is 0 Å². The number of imidazole rings is 1. The Bertz CT molecular complexity index is 355. The number of nitrogens with one attached hydrogen (secondary N) is 1. The molecule has 1 aromatic heterocycles. The molecule has 1 amide bonds.